The lowest BCUT2D eigenvalue weighted by Gasteiger charge is -2.21. The average Bonchev–Trinajstić information content (AvgIpc) is 2.42. The van der Waals surface area contributed by atoms with Crippen molar-refractivity contribution < 1.29 is 4.74 Å². The molecule has 2 rings (SSSR count). The Bertz CT molecular complexity index is 422. The standard InChI is InChI=1S/C13H18ClN3O/c1-18-12(10-5-2-3-6-11(10)14)9-17-13-15-7-4-8-16-13/h2-3,5-6,12H,4,7-9H2,1H3,(H2,15,16,17). The van der Waals surface area contributed by atoms with Gasteiger partial charge >= 0.3 is 0 Å². The second-order valence-corrected chi connectivity index (χ2v) is 4.54. The Labute approximate surface area is 112 Å². The molecule has 0 radical (unpaired) electrons. The zero-order chi connectivity index (χ0) is 12.8. The molecule has 5 heteroatoms. The SMILES string of the molecule is COC(CNC1=NCCCN1)c1ccccc1Cl. The van der Waals surface area contributed by atoms with Crippen molar-refractivity contribution in [1.82, 2.24) is 10.6 Å². The number of hydrogen-bond acceptors (Lipinski definition) is 4. The largest absolute Gasteiger partial charge is 0.375 e. The summed E-state index contributed by atoms with van der Waals surface area (Å²) in [6, 6.07) is 7.73. The molecule has 0 spiro atoms. The van der Waals surface area contributed by atoms with Gasteiger partial charge in [0.2, 0.25) is 0 Å². The van der Waals surface area contributed by atoms with Gasteiger partial charge in [0.25, 0.3) is 0 Å². The monoisotopic (exact) mass is 267 g/mol. The van der Waals surface area contributed by atoms with Gasteiger partial charge in [-0.3, -0.25) is 4.99 Å². The molecule has 98 valence electrons. The highest BCUT2D eigenvalue weighted by Gasteiger charge is 2.14. The third kappa shape index (κ3) is 3.37. The minimum Gasteiger partial charge on any atom is -0.375 e. The first-order valence-electron chi connectivity index (χ1n) is 6.10. The van der Waals surface area contributed by atoms with E-state index in [9.17, 15) is 0 Å². The Kier molecular flexibility index (Phi) is 4.84. The molecule has 1 aliphatic rings. The summed E-state index contributed by atoms with van der Waals surface area (Å²) in [5.74, 6) is 0.843. The summed E-state index contributed by atoms with van der Waals surface area (Å²) >= 11 is 6.17. The summed E-state index contributed by atoms with van der Waals surface area (Å²) in [5.41, 5.74) is 0.991. The van der Waals surface area contributed by atoms with Crippen molar-refractivity contribution in [3.8, 4) is 0 Å². The van der Waals surface area contributed by atoms with E-state index in [-0.39, 0.29) is 6.10 Å². The Hall–Kier alpha value is -1.26. The highest BCUT2D eigenvalue weighted by molar-refractivity contribution is 6.31. The number of nitrogens with zero attached hydrogens (tertiary/aromatic N) is 1. The van der Waals surface area contributed by atoms with Crippen LogP contribution in [0.2, 0.25) is 5.02 Å². The smallest absolute Gasteiger partial charge is 0.191 e. The predicted octanol–water partition coefficient (Wildman–Crippen LogP) is 1.97. The van der Waals surface area contributed by atoms with Crippen molar-refractivity contribution in [2.45, 2.75) is 12.5 Å². The number of rotatable bonds is 4. The zero-order valence-corrected chi connectivity index (χ0v) is 11.2. The van der Waals surface area contributed by atoms with Crippen LogP contribution in [0.1, 0.15) is 18.1 Å². The second kappa shape index (κ2) is 6.61. The fourth-order valence-electron chi connectivity index (χ4n) is 1.90. The Balaban J connectivity index is 1.97. The van der Waals surface area contributed by atoms with Crippen molar-refractivity contribution in [2.24, 2.45) is 4.99 Å². The van der Waals surface area contributed by atoms with Crippen LogP contribution in [-0.2, 0) is 4.74 Å². The molecule has 0 saturated carbocycles. The molecule has 1 heterocycles. The highest BCUT2D eigenvalue weighted by Crippen LogP contribution is 2.24. The number of methoxy groups -OCH3 is 1. The lowest BCUT2D eigenvalue weighted by atomic mass is 10.1. The maximum atomic E-state index is 6.17. The number of halogens is 1. The number of hydrogen-bond donors (Lipinski definition) is 2. The van der Waals surface area contributed by atoms with Gasteiger partial charge in [-0.15, -0.1) is 0 Å². The minimum atomic E-state index is -0.0786. The van der Waals surface area contributed by atoms with Crippen molar-refractivity contribution in [3.05, 3.63) is 34.9 Å². The third-order valence-electron chi connectivity index (χ3n) is 2.89. The van der Waals surface area contributed by atoms with Crippen LogP contribution in [0.3, 0.4) is 0 Å². The molecular formula is C13H18ClN3O. The first-order valence-corrected chi connectivity index (χ1v) is 6.48. The molecule has 1 aliphatic heterocycles. The molecule has 4 nitrogen and oxygen atoms in total. The average molecular weight is 268 g/mol. The molecule has 0 aromatic heterocycles. The molecular weight excluding hydrogens is 250 g/mol. The van der Waals surface area contributed by atoms with Crippen molar-refractivity contribution in [3.63, 3.8) is 0 Å². The summed E-state index contributed by atoms with van der Waals surface area (Å²) in [7, 11) is 1.69. The number of nitrogens with one attached hydrogen (secondary N) is 2. The van der Waals surface area contributed by atoms with E-state index in [1.54, 1.807) is 7.11 Å². The van der Waals surface area contributed by atoms with Crippen LogP contribution < -0.4 is 10.6 Å². The van der Waals surface area contributed by atoms with Gasteiger partial charge in [-0.05, 0) is 12.5 Å². The van der Waals surface area contributed by atoms with Gasteiger partial charge < -0.3 is 15.4 Å². The van der Waals surface area contributed by atoms with Crippen LogP contribution in [0, 0.1) is 0 Å². The van der Waals surface area contributed by atoms with E-state index < -0.39 is 0 Å². The van der Waals surface area contributed by atoms with Gasteiger partial charge in [-0.2, -0.15) is 0 Å². The maximum Gasteiger partial charge on any atom is 0.191 e. The van der Waals surface area contributed by atoms with Gasteiger partial charge in [0.1, 0.15) is 6.10 Å². The molecule has 0 saturated heterocycles. The number of guanidine groups is 1. The Morgan fingerprint density at radius 3 is 3.00 bits per heavy atom. The summed E-state index contributed by atoms with van der Waals surface area (Å²) in [4.78, 5) is 4.36. The van der Waals surface area contributed by atoms with Gasteiger partial charge in [-0.25, -0.2) is 0 Å². The zero-order valence-electron chi connectivity index (χ0n) is 10.4. The molecule has 2 N–H and O–H groups in total. The first kappa shape index (κ1) is 13.2. The van der Waals surface area contributed by atoms with Gasteiger partial charge in [0.15, 0.2) is 5.96 Å². The topological polar surface area (TPSA) is 45.6 Å². The summed E-state index contributed by atoms with van der Waals surface area (Å²) in [6.07, 6.45) is 1.01. The van der Waals surface area contributed by atoms with E-state index in [0.29, 0.717) is 6.54 Å². The first-order chi connectivity index (χ1) is 8.81. The van der Waals surface area contributed by atoms with Crippen LogP contribution in [-0.4, -0.2) is 32.7 Å². The molecule has 0 bridgehead atoms. The predicted molar refractivity (Wildman–Crippen MR) is 74.1 cm³/mol. The van der Waals surface area contributed by atoms with Gasteiger partial charge in [0.05, 0.1) is 0 Å². The normalized spacial score (nSPS) is 16.7. The van der Waals surface area contributed by atoms with Crippen molar-refractivity contribution in [1.29, 1.82) is 0 Å². The molecule has 0 fully saturated rings. The molecule has 1 atom stereocenters. The van der Waals surface area contributed by atoms with E-state index in [1.165, 1.54) is 0 Å². The summed E-state index contributed by atoms with van der Waals surface area (Å²) < 4.78 is 5.48. The lowest BCUT2D eigenvalue weighted by Crippen LogP contribution is -2.42. The minimum absolute atomic E-state index is 0.0786. The fraction of sp³-hybridized carbons (Fsp3) is 0.462. The van der Waals surface area contributed by atoms with E-state index >= 15 is 0 Å². The fourth-order valence-corrected chi connectivity index (χ4v) is 2.15. The number of benzene rings is 1. The molecule has 1 aromatic carbocycles. The van der Waals surface area contributed by atoms with E-state index in [2.05, 4.69) is 15.6 Å². The number of ether oxygens (including phenoxy) is 1. The van der Waals surface area contributed by atoms with Crippen LogP contribution in [0.15, 0.2) is 29.3 Å². The third-order valence-corrected chi connectivity index (χ3v) is 3.23. The molecule has 18 heavy (non-hydrogen) atoms. The van der Waals surface area contributed by atoms with Crippen LogP contribution in [0.25, 0.3) is 0 Å². The quantitative estimate of drug-likeness (QED) is 0.877. The van der Waals surface area contributed by atoms with Crippen LogP contribution in [0.4, 0.5) is 0 Å². The molecule has 1 unspecified atom stereocenters. The van der Waals surface area contributed by atoms with Crippen molar-refractivity contribution >= 4 is 17.6 Å². The Morgan fingerprint density at radius 2 is 2.33 bits per heavy atom. The van der Waals surface area contributed by atoms with Crippen LogP contribution >= 0.6 is 11.6 Å². The molecule has 0 aliphatic carbocycles. The highest BCUT2D eigenvalue weighted by atomic mass is 35.5. The Morgan fingerprint density at radius 1 is 1.50 bits per heavy atom. The summed E-state index contributed by atoms with van der Waals surface area (Å²) in [6.45, 7) is 2.49. The van der Waals surface area contributed by atoms with Crippen molar-refractivity contribution in [2.75, 3.05) is 26.7 Å². The van der Waals surface area contributed by atoms with Gasteiger partial charge in [-0.1, -0.05) is 29.8 Å². The molecule has 0 amide bonds. The van der Waals surface area contributed by atoms with E-state index in [0.717, 1.165) is 36.1 Å². The van der Waals surface area contributed by atoms with E-state index in [1.807, 2.05) is 24.3 Å². The number of aliphatic imine (C=N–C) groups is 1. The van der Waals surface area contributed by atoms with E-state index in [4.69, 9.17) is 16.3 Å². The molecule has 1 aromatic rings. The maximum absolute atomic E-state index is 6.17. The van der Waals surface area contributed by atoms with Gasteiger partial charge in [0, 0.05) is 37.3 Å². The van der Waals surface area contributed by atoms with Crippen LogP contribution in [0.5, 0.6) is 0 Å². The summed E-state index contributed by atoms with van der Waals surface area (Å²) in [5, 5.41) is 7.20. The second-order valence-electron chi connectivity index (χ2n) is 4.14. The lowest BCUT2D eigenvalue weighted by molar-refractivity contribution is 0.106.